The summed E-state index contributed by atoms with van der Waals surface area (Å²) in [6.45, 7) is 7.00. The molecule has 0 spiro atoms. The van der Waals surface area contributed by atoms with Gasteiger partial charge in [-0.15, -0.1) is 0 Å². The molecule has 5 rings (SSSR count). The van der Waals surface area contributed by atoms with Crippen LogP contribution in [0.4, 0.5) is 0 Å². The van der Waals surface area contributed by atoms with Crippen molar-refractivity contribution in [3.05, 3.63) is 106 Å². The molecular weight excluding hydrogens is 474 g/mol. The maximum Gasteiger partial charge on any atom is 0.225 e. The average Bonchev–Trinajstić information content (AvgIpc) is 2.91. The second kappa shape index (κ2) is 10.5. The summed E-state index contributed by atoms with van der Waals surface area (Å²) in [4.78, 5) is 26.3. The smallest absolute Gasteiger partial charge is 0.225 e. The lowest BCUT2D eigenvalue weighted by molar-refractivity contribution is -0.122. The van der Waals surface area contributed by atoms with E-state index in [1.807, 2.05) is 48.5 Å². The van der Waals surface area contributed by atoms with Gasteiger partial charge in [0.25, 0.3) is 0 Å². The van der Waals surface area contributed by atoms with Crippen LogP contribution < -0.4 is 14.8 Å². The first-order valence-corrected chi connectivity index (χ1v) is 13.2. The van der Waals surface area contributed by atoms with Crippen LogP contribution in [0.15, 0.2) is 84.1 Å². The monoisotopic (exact) mass is 509 g/mol. The van der Waals surface area contributed by atoms with Gasteiger partial charge in [-0.25, -0.2) is 0 Å². The first-order valence-electron chi connectivity index (χ1n) is 13.2. The molecule has 1 aliphatic heterocycles. The Labute approximate surface area is 224 Å². The molecule has 0 aromatic heterocycles. The van der Waals surface area contributed by atoms with Gasteiger partial charge in [-0.1, -0.05) is 81.4 Å². The molecular formula is C33H35NO4. The van der Waals surface area contributed by atoms with Crippen LogP contribution in [-0.2, 0) is 21.6 Å². The Morgan fingerprint density at radius 2 is 1.55 bits per heavy atom. The molecule has 38 heavy (non-hydrogen) atoms. The molecule has 0 saturated heterocycles. The third-order valence-electron chi connectivity index (χ3n) is 7.61. The lowest BCUT2D eigenvalue weighted by Gasteiger charge is -2.34. The van der Waals surface area contributed by atoms with Crippen molar-refractivity contribution >= 4 is 11.7 Å². The minimum Gasteiger partial charge on any atom is -0.493 e. The minimum absolute atomic E-state index is 0.0533. The highest BCUT2D eigenvalue weighted by atomic mass is 16.5. The molecule has 0 saturated carbocycles. The number of carbonyl (C=O) groups is 2. The Balaban J connectivity index is 1.39. The van der Waals surface area contributed by atoms with Crippen LogP contribution in [0.3, 0.4) is 0 Å². The Bertz CT molecular complexity index is 1370. The summed E-state index contributed by atoms with van der Waals surface area (Å²) in [5.41, 5.74) is 5.91. The molecule has 5 nitrogen and oxygen atoms in total. The molecule has 2 atom stereocenters. The van der Waals surface area contributed by atoms with Crippen molar-refractivity contribution in [3.63, 3.8) is 0 Å². The van der Waals surface area contributed by atoms with E-state index >= 15 is 0 Å². The molecule has 1 amide bonds. The standard InChI is InChI=1S/C33H35NO4/c1-33(2,3)25-13-10-22(11-14-25)24-16-27-32(28(35)17-24)26(19-31(36)34-27)23-12-15-29(30(18-23)37-4)38-20-21-8-6-5-7-9-21/h5-15,18,24,26H,16-17,19-20H2,1-4H3,(H,34,36). The number of hydrogen-bond acceptors (Lipinski definition) is 4. The number of methoxy groups -OCH3 is 1. The highest BCUT2D eigenvalue weighted by molar-refractivity contribution is 6.02. The van der Waals surface area contributed by atoms with Crippen molar-refractivity contribution in [1.82, 2.24) is 5.32 Å². The molecule has 1 heterocycles. The predicted molar refractivity (Wildman–Crippen MR) is 148 cm³/mol. The van der Waals surface area contributed by atoms with Crippen LogP contribution in [0, 0.1) is 0 Å². The van der Waals surface area contributed by atoms with Crippen LogP contribution in [0.2, 0.25) is 0 Å². The van der Waals surface area contributed by atoms with E-state index in [1.54, 1.807) is 7.11 Å². The van der Waals surface area contributed by atoms with Gasteiger partial charge < -0.3 is 14.8 Å². The summed E-state index contributed by atoms with van der Waals surface area (Å²) in [5, 5.41) is 3.03. The number of carbonyl (C=O) groups excluding carboxylic acids is 2. The number of benzene rings is 3. The number of allylic oxidation sites excluding steroid dienone is 2. The maximum absolute atomic E-state index is 13.5. The zero-order valence-electron chi connectivity index (χ0n) is 22.5. The van der Waals surface area contributed by atoms with Crippen LogP contribution in [-0.4, -0.2) is 18.8 Å². The van der Waals surface area contributed by atoms with Gasteiger partial charge in [0.15, 0.2) is 17.3 Å². The molecule has 0 bridgehead atoms. The fourth-order valence-electron chi connectivity index (χ4n) is 5.49. The van der Waals surface area contributed by atoms with Gasteiger partial charge in [0.2, 0.25) is 5.91 Å². The first-order chi connectivity index (χ1) is 18.2. The Kier molecular flexibility index (Phi) is 7.11. The molecule has 2 aliphatic rings. The number of nitrogens with one attached hydrogen (secondary N) is 1. The molecule has 3 aromatic rings. The normalized spacial score (nSPS) is 19.6. The zero-order chi connectivity index (χ0) is 26.9. The zero-order valence-corrected chi connectivity index (χ0v) is 22.5. The second-order valence-electron chi connectivity index (χ2n) is 11.3. The lowest BCUT2D eigenvalue weighted by atomic mass is 9.73. The van der Waals surface area contributed by atoms with E-state index in [0.29, 0.717) is 30.9 Å². The predicted octanol–water partition coefficient (Wildman–Crippen LogP) is 6.58. The first kappa shape index (κ1) is 25.8. The quantitative estimate of drug-likeness (QED) is 0.408. The van der Waals surface area contributed by atoms with Crippen molar-refractivity contribution < 1.29 is 19.1 Å². The van der Waals surface area contributed by atoms with E-state index in [0.717, 1.165) is 28.0 Å². The van der Waals surface area contributed by atoms with Crippen LogP contribution in [0.1, 0.15) is 74.1 Å². The summed E-state index contributed by atoms with van der Waals surface area (Å²) >= 11 is 0. The summed E-state index contributed by atoms with van der Waals surface area (Å²) in [6.07, 6.45) is 1.33. The van der Waals surface area contributed by atoms with Gasteiger partial charge in [-0.05, 0) is 52.1 Å². The molecule has 2 unspecified atom stereocenters. The number of Topliss-reactive ketones (excluding diaryl/α,β-unsaturated/α-hetero) is 1. The van der Waals surface area contributed by atoms with Crippen LogP contribution >= 0.6 is 0 Å². The maximum atomic E-state index is 13.5. The van der Waals surface area contributed by atoms with E-state index in [-0.39, 0.29) is 35.4 Å². The van der Waals surface area contributed by atoms with E-state index in [2.05, 4.69) is 50.4 Å². The third-order valence-corrected chi connectivity index (χ3v) is 7.61. The highest BCUT2D eigenvalue weighted by Gasteiger charge is 2.38. The van der Waals surface area contributed by atoms with Crippen molar-refractivity contribution in [2.75, 3.05) is 7.11 Å². The third kappa shape index (κ3) is 5.38. The Morgan fingerprint density at radius 1 is 0.842 bits per heavy atom. The van der Waals surface area contributed by atoms with Crippen molar-refractivity contribution in [2.45, 2.75) is 63.9 Å². The number of hydrogen-bond donors (Lipinski definition) is 1. The molecule has 0 radical (unpaired) electrons. The van der Waals surface area contributed by atoms with Gasteiger partial charge in [-0.3, -0.25) is 9.59 Å². The Hall–Kier alpha value is -3.86. The van der Waals surface area contributed by atoms with Crippen LogP contribution in [0.25, 0.3) is 0 Å². The summed E-state index contributed by atoms with van der Waals surface area (Å²) in [5.74, 6) is 1.01. The van der Waals surface area contributed by atoms with E-state index < -0.39 is 0 Å². The van der Waals surface area contributed by atoms with Gasteiger partial charge in [0.05, 0.1) is 7.11 Å². The molecule has 0 fully saturated rings. The molecule has 1 aliphatic carbocycles. The number of ether oxygens (including phenoxy) is 2. The van der Waals surface area contributed by atoms with E-state index in [4.69, 9.17) is 9.47 Å². The summed E-state index contributed by atoms with van der Waals surface area (Å²) in [6, 6.07) is 24.2. The van der Waals surface area contributed by atoms with E-state index in [9.17, 15) is 9.59 Å². The summed E-state index contributed by atoms with van der Waals surface area (Å²) < 4.78 is 11.7. The van der Waals surface area contributed by atoms with Crippen molar-refractivity contribution in [3.8, 4) is 11.5 Å². The number of ketones is 1. The molecule has 196 valence electrons. The highest BCUT2D eigenvalue weighted by Crippen LogP contribution is 2.44. The van der Waals surface area contributed by atoms with E-state index in [1.165, 1.54) is 5.56 Å². The van der Waals surface area contributed by atoms with Gasteiger partial charge in [-0.2, -0.15) is 0 Å². The van der Waals surface area contributed by atoms with Gasteiger partial charge in [0, 0.05) is 30.0 Å². The number of rotatable bonds is 6. The fourth-order valence-corrected chi connectivity index (χ4v) is 5.49. The largest absolute Gasteiger partial charge is 0.493 e. The second-order valence-corrected chi connectivity index (χ2v) is 11.3. The van der Waals surface area contributed by atoms with Gasteiger partial charge >= 0.3 is 0 Å². The minimum atomic E-state index is -0.299. The summed E-state index contributed by atoms with van der Waals surface area (Å²) in [7, 11) is 1.61. The van der Waals surface area contributed by atoms with Crippen LogP contribution in [0.5, 0.6) is 11.5 Å². The van der Waals surface area contributed by atoms with Gasteiger partial charge in [0.1, 0.15) is 6.61 Å². The molecule has 3 aromatic carbocycles. The average molecular weight is 510 g/mol. The lowest BCUT2D eigenvalue weighted by Crippen LogP contribution is -2.38. The molecule has 5 heteroatoms. The molecule has 1 N–H and O–H groups in total. The number of amides is 1. The van der Waals surface area contributed by atoms with Crippen molar-refractivity contribution in [2.24, 2.45) is 0 Å². The van der Waals surface area contributed by atoms with Crippen molar-refractivity contribution in [1.29, 1.82) is 0 Å². The SMILES string of the molecule is COc1cc(C2CC(=O)NC3=C2C(=O)CC(c2ccc(C(C)(C)C)cc2)C3)ccc1OCc1ccccc1. The fraction of sp³-hybridized carbons (Fsp3) is 0.333. The topological polar surface area (TPSA) is 64.6 Å². The Morgan fingerprint density at radius 3 is 2.24 bits per heavy atom.